The first-order valence-corrected chi connectivity index (χ1v) is 10.9. The summed E-state index contributed by atoms with van der Waals surface area (Å²) in [6, 6.07) is 0. The molecule has 0 unspecified atom stereocenters. The van der Waals surface area contributed by atoms with Gasteiger partial charge in [0.05, 0.1) is 0 Å². The van der Waals surface area contributed by atoms with Crippen molar-refractivity contribution >= 4 is 14.2 Å². The van der Waals surface area contributed by atoms with Gasteiger partial charge in [0, 0.05) is 18.9 Å². The first-order chi connectivity index (χ1) is 10.1. The molecule has 22 heavy (non-hydrogen) atoms. The van der Waals surface area contributed by atoms with E-state index >= 15 is 0 Å². The standard InChI is InChI=1S/C17H33NO3Si/c1-11(2)22(12(3)4,13(5)6)21-15-10-17(20)14(7)8-9-18(17)16(15)19/h11-15,20H,8-10H2,1-7H3/t14-,15+,17-/m1/s1. The molecule has 1 N–H and O–H groups in total. The van der Waals surface area contributed by atoms with E-state index in [9.17, 15) is 9.90 Å². The summed E-state index contributed by atoms with van der Waals surface area (Å²) in [5.74, 6) is 0.143. The van der Waals surface area contributed by atoms with Crippen LogP contribution in [-0.2, 0) is 9.22 Å². The molecule has 0 aromatic rings. The first-order valence-electron chi connectivity index (χ1n) is 8.79. The van der Waals surface area contributed by atoms with Gasteiger partial charge in [0.25, 0.3) is 5.91 Å². The SMILES string of the molecule is CC(C)[Si](O[C@H]1C[C@@]2(O)[C@H](C)CCN2C1=O)(C(C)C)C(C)C. The summed E-state index contributed by atoms with van der Waals surface area (Å²) in [7, 11) is -2.10. The summed E-state index contributed by atoms with van der Waals surface area (Å²) in [4.78, 5) is 14.4. The lowest BCUT2D eigenvalue weighted by Crippen LogP contribution is -2.51. The highest BCUT2D eigenvalue weighted by molar-refractivity contribution is 6.77. The third-order valence-corrected chi connectivity index (χ3v) is 12.2. The molecule has 3 atom stereocenters. The fourth-order valence-electron chi connectivity index (χ4n) is 4.91. The van der Waals surface area contributed by atoms with Crippen molar-refractivity contribution in [3.05, 3.63) is 0 Å². The van der Waals surface area contributed by atoms with E-state index in [-0.39, 0.29) is 11.8 Å². The topological polar surface area (TPSA) is 49.8 Å². The van der Waals surface area contributed by atoms with Crippen LogP contribution >= 0.6 is 0 Å². The average Bonchev–Trinajstić information content (AvgIpc) is 2.81. The third kappa shape index (κ3) is 2.45. The van der Waals surface area contributed by atoms with Crippen LogP contribution in [0, 0.1) is 5.92 Å². The quantitative estimate of drug-likeness (QED) is 0.786. The second kappa shape index (κ2) is 5.91. The number of hydrogen-bond donors (Lipinski definition) is 1. The molecule has 5 heteroatoms. The summed E-state index contributed by atoms with van der Waals surface area (Å²) in [6.07, 6.45) is 0.871. The van der Waals surface area contributed by atoms with E-state index in [0.29, 0.717) is 29.6 Å². The van der Waals surface area contributed by atoms with E-state index < -0.39 is 20.1 Å². The summed E-state index contributed by atoms with van der Waals surface area (Å²) in [6.45, 7) is 16.1. The van der Waals surface area contributed by atoms with E-state index in [4.69, 9.17) is 4.43 Å². The summed E-state index contributed by atoms with van der Waals surface area (Å²) < 4.78 is 6.63. The van der Waals surface area contributed by atoms with E-state index in [1.807, 2.05) is 6.92 Å². The molecular weight excluding hydrogens is 294 g/mol. The van der Waals surface area contributed by atoms with Crippen LogP contribution in [0.3, 0.4) is 0 Å². The zero-order valence-electron chi connectivity index (χ0n) is 15.2. The van der Waals surface area contributed by atoms with Crippen molar-refractivity contribution in [2.45, 2.75) is 89.8 Å². The van der Waals surface area contributed by atoms with Crippen molar-refractivity contribution in [1.82, 2.24) is 4.90 Å². The minimum atomic E-state index is -2.10. The molecule has 0 aromatic heterocycles. The van der Waals surface area contributed by atoms with Crippen LogP contribution < -0.4 is 0 Å². The predicted molar refractivity (Wildman–Crippen MR) is 91.0 cm³/mol. The Hall–Kier alpha value is -0.393. The van der Waals surface area contributed by atoms with Gasteiger partial charge >= 0.3 is 0 Å². The van der Waals surface area contributed by atoms with Crippen LogP contribution in [0.2, 0.25) is 16.6 Å². The highest BCUT2D eigenvalue weighted by atomic mass is 28.4. The van der Waals surface area contributed by atoms with Crippen molar-refractivity contribution in [3.63, 3.8) is 0 Å². The Bertz CT molecular complexity index is 416. The van der Waals surface area contributed by atoms with Gasteiger partial charge in [-0.25, -0.2) is 0 Å². The predicted octanol–water partition coefficient (Wildman–Crippen LogP) is 3.51. The number of nitrogens with zero attached hydrogens (tertiary/aromatic N) is 1. The van der Waals surface area contributed by atoms with Crippen LogP contribution in [0.4, 0.5) is 0 Å². The number of carbonyl (C=O) groups is 1. The second-order valence-electron chi connectivity index (χ2n) is 8.19. The number of carbonyl (C=O) groups excluding carboxylic acids is 1. The molecule has 2 rings (SSSR count). The Morgan fingerprint density at radius 3 is 2.09 bits per heavy atom. The minimum Gasteiger partial charge on any atom is -0.404 e. The lowest BCUT2D eigenvalue weighted by atomic mass is 9.96. The van der Waals surface area contributed by atoms with E-state index in [1.54, 1.807) is 4.90 Å². The number of fused-ring (bicyclic) bond motifs is 1. The van der Waals surface area contributed by atoms with Crippen molar-refractivity contribution in [2.24, 2.45) is 5.92 Å². The molecule has 0 aromatic carbocycles. The molecular formula is C17H33NO3Si. The van der Waals surface area contributed by atoms with Gasteiger partial charge in [0.15, 0.2) is 0 Å². The lowest BCUT2D eigenvalue weighted by molar-refractivity contribution is -0.144. The number of rotatable bonds is 5. The largest absolute Gasteiger partial charge is 0.404 e. The Balaban J connectivity index is 2.27. The highest BCUT2D eigenvalue weighted by Gasteiger charge is 2.59. The van der Waals surface area contributed by atoms with E-state index in [0.717, 1.165) is 6.42 Å². The van der Waals surface area contributed by atoms with Crippen LogP contribution in [0.5, 0.6) is 0 Å². The summed E-state index contributed by atoms with van der Waals surface area (Å²) >= 11 is 0. The minimum absolute atomic E-state index is 0.00525. The third-order valence-electron chi connectivity index (χ3n) is 6.12. The van der Waals surface area contributed by atoms with Gasteiger partial charge in [-0.05, 0) is 23.0 Å². The number of amides is 1. The fraction of sp³-hybridized carbons (Fsp3) is 0.941. The molecule has 2 saturated heterocycles. The Kier molecular flexibility index (Phi) is 4.82. The Labute approximate surface area is 136 Å². The molecule has 0 radical (unpaired) electrons. The normalized spacial score (nSPS) is 32.7. The monoisotopic (exact) mass is 327 g/mol. The molecule has 128 valence electrons. The maximum absolute atomic E-state index is 12.7. The second-order valence-corrected chi connectivity index (χ2v) is 13.6. The van der Waals surface area contributed by atoms with Gasteiger partial charge in [-0.2, -0.15) is 0 Å². The first kappa shape index (κ1) is 18.0. The van der Waals surface area contributed by atoms with Crippen LogP contribution in [0.1, 0.15) is 61.3 Å². The molecule has 0 bridgehead atoms. The van der Waals surface area contributed by atoms with Crippen molar-refractivity contribution < 1.29 is 14.3 Å². The molecule has 2 aliphatic heterocycles. The maximum atomic E-state index is 12.7. The van der Waals surface area contributed by atoms with Gasteiger partial charge in [-0.15, -0.1) is 0 Å². The molecule has 1 amide bonds. The highest BCUT2D eigenvalue weighted by Crippen LogP contribution is 2.48. The molecule has 0 aliphatic carbocycles. The Morgan fingerprint density at radius 2 is 1.68 bits per heavy atom. The smallest absolute Gasteiger partial charge is 0.252 e. The van der Waals surface area contributed by atoms with Crippen LogP contribution in [0.25, 0.3) is 0 Å². The molecule has 0 saturated carbocycles. The van der Waals surface area contributed by atoms with Gasteiger partial charge in [-0.1, -0.05) is 48.5 Å². The summed E-state index contributed by atoms with van der Waals surface area (Å²) in [5.41, 5.74) is 0.362. The van der Waals surface area contributed by atoms with Crippen LogP contribution in [0.15, 0.2) is 0 Å². The zero-order valence-corrected chi connectivity index (χ0v) is 16.2. The van der Waals surface area contributed by atoms with Gasteiger partial charge in [0.1, 0.15) is 11.8 Å². The van der Waals surface area contributed by atoms with Gasteiger partial charge < -0.3 is 14.4 Å². The van der Waals surface area contributed by atoms with Gasteiger partial charge in [-0.3, -0.25) is 4.79 Å². The average molecular weight is 328 g/mol. The number of aliphatic hydroxyl groups is 1. The van der Waals surface area contributed by atoms with Crippen molar-refractivity contribution in [2.75, 3.05) is 6.54 Å². The Morgan fingerprint density at radius 1 is 1.18 bits per heavy atom. The molecule has 2 fully saturated rings. The zero-order chi connectivity index (χ0) is 16.9. The molecule has 2 aliphatic rings. The molecule has 4 nitrogen and oxygen atoms in total. The summed E-state index contributed by atoms with van der Waals surface area (Å²) in [5, 5.41) is 10.9. The van der Waals surface area contributed by atoms with Crippen LogP contribution in [-0.4, -0.2) is 42.6 Å². The van der Waals surface area contributed by atoms with Gasteiger partial charge in [0.2, 0.25) is 8.32 Å². The lowest BCUT2D eigenvalue weighted by Gasteiger charge is -2.43. The fourth-order valence-corrected chi connectivity index (χ4v) is 10.4. The van der Waals surface area contributed by atoms with E-state index in [2.05, 4.69) is 41.5 Å². The molecule has 2 heterocycles. The van der Waals surface area contributed by atoms with Crippen molar-refractivity contribution in [3.8, 4) is 0 Å². The maximum Gasteiger partial charge on any atom is 0.252 e. The molecule has 0 spiro atoms. The van der Waals surface area contributed by atoms with Crippen molar-refractivity contribution in [1.29, 1.82) is 0 Å². The van der Waals surface area contributed by atoms with E-state index in [1.165, 1.54) is 0 Å². The number of hydrogen-bond acceptors (Lipinski definition) is 3.